The molecule has 0 aromatic carbocycles. The SMILES string of the molecule is CS(=O)C(CCN)C(=O)O. The molecule has 0 aliphatic rings. The summed E-state index contributed by atoms with van der Waals surface area (Å²) in [6.07, 6.45) is 1.65. The van der Waals surface area contributed by atoms with Crippen molar-refractivity contribution in [3.8, 4) is 0 Å². The normalized spacial score (nSPS) is 16.2. The lowest BCUT2D eigenvalue weighted by atomic mass is 10.3. The second-order valence-corrected chi connectivity index (χ2v) is 3.47. The zero-order valence-corrected chi connectivity index (χ0v) is 6.56. The molecule has 0 bridgehead atoms. The molecule has 3 N–H and O–H groups in total. The van der Waals surface area contributed by atoms with Crippen LogP contribution in [0, 0.1) is 0 Å². The number of carbonyl (C=O) groups is 1. The molecule has 0 radical (unpaired) electrons. The summed E-state index contributed by atoms with van der Waals surface area (Å²) in [6.45, 7) is 0.260. The van der Waals surface area contributed by atoms with Crippen LogP contribution in [0.15, 0.2) is 0 Å². The highest BCUT2D eigenvalue weighted by Crippen LogP contribution is 1.98. The standard InChI is InChI=1S/C5H11NO3S/c1-10(9)4(2-3-6)5(7)8/h4H,2-3,6H2,1H3,(H,7,8). The number of aliphatic carboxylic acids is 1. The van der Waals surface area contributed by atoms with Gasteiger partial charge < -0.3 is 10.8 Å². The first kappa shape index (κ1) is 9.58. The highest BCUT2D eigenvalue weighted by atomic mass is 32.2. The van der Waals surface area contributed by atoms with Crippen molar-refractivity contribution in [3.05, 3.63) is 0 Å². The van der Waals surface area contributed by atoms with Gasteiger partial charge in [-0.1, -0.05) is 0 Å². The van der Waals surface area contributed by atoms with Crippen molar-refractivity contribution in [1.29, 1.82) is 0 Å². The summed E-state index contributed by atoms with van der Waals surface area (Å²) in [4.78, 5) is 10.3. The summed E-state index contributed by atoms with van der Waals surface area (Å²) in [5.41, 5.74) is 5.11. The van der Waals surface area contributed by atoms with E-state index in [1.54, 1.807) is 0 Å². The Morgan fingerprint density at radius 3 is 2.40 bits per heavy atom. The van der Waals surface area contributed by atoms with Crippen LogP contribution in [0.1, 0.15) is 6.42 Å². The first-order valence-electron chi connectivity index (χ1n) is 2.84. The van der Waals surface area contributed by atoms with E-state index in [0.29, 0.717) is 0 Å². The van der Waals surface area contributed by atoms with Crippen LogP contribution in [0.3, 0.4) is 0 Å². The molecule has 0 aliphatic carbocycles. The fourth-order valence-corrected chi connectivity index (χ4v) is 1.33. The minimum atomic E-state index is -1.31. The van der Waals surface area contributed by atoms with Gasteiger partial charge in [0.05, 0.1) is 0 Å². The number of nitrogens with two attached hydrogens (primary N) is 1. The highest BCUT2D eigenvalue weighted by Gasteiger charge is 2.19. The average Bonchev–Trinajstić information content (AvgIpc) is 1.81. The lowest BCUT2D eigenvalue weighted by Gasteiger charge is -2.05. The maximum absolute atomic E-state index is 10.7. The molecular weight excluding hydrogens is 154 g/mol. The molecule has 60 valence electrons. The average molecular weight is 165 g/mol. The van der Waals surface area contributed by atoms with Gasteiger partial charge in [0.15, 0.2) is 0 Å². The van der Waals surface area contributed by atoms with E-state index in [1.807, 2.05) is 0 Å². The van der Waals surface area contributed by atoms with Gasteiger partial charge in [0.1, 0.15) is 5.25 Å². The van der Waals surface area contributed by atoms with E-state index in [9.17, 15) is 9.00 Å². The predicted octanol–water partition coefficient (Wildman–Crippen LogP) is -0.833. The molecule has 0 rings (SSSR count). The predicted molar refractivity (Wildman–Crippen MR) is 39.2 cm³/mol. The van der Waals surface area contributed by atoms with Crippen LogP contribution in [-0.2, 0) is 15.6 Å². The molecule has 0 aromatic heterocycles. The third kappa shape index (κ3) is 2.93. The van der Waals surface area contributed by atoms with Crippen molar-refractivity contribution in [1.82, 2.24) is 0 Å². The molecule has 0 heterocycles. The van der Waals surface area contributed by atoms with Gasteiger partial charge in [-0.15, -0.1) is 0 Å². The van der Waals surface area contributed by atoms with Crippen molar-refractivity contribution in [2.75, 3.05) is 12.8 Å². The molecule has 2 unspecified atom stereocenters. The van der Waals surface area contributed by atoms with Crippen LogP contribution >= 0.6 is 0 Å². The molecular formula is C5H11NO3S. The van der Waals surface area contributed by atoms with Crippen molar-refractivity contribution in [2.45, 2.75) is 11.7 Å². The van der Waals surface area contributed by atoms with E-state index in [2.05, 4.69) is 0 Å². The quantitative estimate of drug-likeness (QED) is 0.569. The summed E-state index contributed by atoms with van der Waals surface area (Å²) in [6, 6.07) is 0. The van der Waals surface area contributed by atoms with E-state index in [-0.39, 0.29) is 13.0 Å². The Morgan fingerprint density at radius 1 is 1.80 bits per heavy atom. The molecule has 0 fully saturated rings. The molecule has 0 spiro atoms. The van der Waals surface area contributed by atoms with E-state index < -0.39 is 22.0 Å². The van der Waals surface area contributed by atoms with Gasteiger partial charge >= 0.3 is 5.97 Å². The summed E-state index contributed by atoms with van der Waals surface area (Å²) in [7, 11) is -1.31. The van der Waals surface area contributed by atoms with Crippen molar-refractivity contribution in [2.24, 2.45) is 5.73 Å². The third-order valence-electron chi connectivity index (χ3n) is 1.10. The van der Waals surface area contributed by atoms with Crippen molar-refractivity contribution < 1.29 is 14.1 Å². The zero-order valence-electron chi connectivity index (χ0n) is 5.74. The Balaban J connectivity index is 3.98. The number of hydrogen-bond acceptors (Lipinski definition) is 3. The van der Waals surface area contributed by atoms with E-state index in [4.69, 9.17) is 10.8 Å². The van der Waals surface area contributed by atoms with Gasteiger partial charge in [0.25, 0.3) is 0 Å². The summed E-state index contributed by atoms with van der Waals surface area (Å²) in [5, 5.41) is 7.63. The fraction of sp³-hybridized carbons (Fsp3) is 0.800. The van der Waals surface area contributed by atoms with Gasteiger partial charge in [-0.25, -0.2) is 0 Å². The lowest BCUT2D eigenvalue weighted by Crippen LogP contribution is -2.27. The second kappa shape index (κ2) is 4.40. The van der Waals surface area contributed by atoms with Crippen LogP contribution in [0.4, 0.5) is 0 Å². The van der Waals surface area contributed by atoms with Gasteiger partial charge in [-0.3, -0.25) is 9.00 Å². The maximum atomic E-state index is 10.7. The zero-order chi connectivity index (χ0) is 8.15. The molecule has 0 saturated carbocycles. The summed E-state index contributed by atoms with van der Waals surface area (Å²) in [5.74, 6) is -1.04. The van der Waals surface area contributed by atoms with E-state index in [0.717, 1.165) is 0 Å². The number of carboxylic acid groups (broad SMARTS) is 1. The van der Waals surface area contributed by atoms with Crippen molar-refractivity contribution in [3.63, 3.8) is 0 Å². The lowest BCUT2D eigenvalue weighted by molar-refractivity contribution is -0.136. The van der Waals surface area contributed by atoms with Crippen LogP contribution in [0.5, 0.6) is 0 Å². The fourth-order valence-electron chi connectivity index (χ4n) is 0.583. The molecule has 0 aromatic rings. The molecule has 2 atom stereocenters. The number of hydrogen-bond donors (Lipinski definition) is 2. The Kier molecular flexibility index (Phi) is 4.22. The molecule has 4 nitrogen and oxygen atoms in total. The molecule has 0 aliphatic heterocycles. The van der Waals surface area contributed by atoms with Crippen LogP contribution in [0.2, 0.25) is 0 Å². The van der Waals surface area contributed by atoms with Gasteiger partial charge in [-0.05, 0) is 13.0 Å². The minimum Gasteiger partial charge on any atom is -0.480 e. The van der Waals surface area contributed by atoms with Gasteiger partial charge in [-0.2, -0.15) is 0 Å². The topological polar surface area (TPSA) is 80.4 Å². The van der Waals surface area contributed by atoms with Gasteiger partial charge in [0, 0.05) is 17.1 Å². The third-order valence-corrected chi connectivity index (χ3v) is 2.34. The smallest absolute Gasteiger partial charge is 0.319 e. The summed E-state index contributed by atoms with van der Waals surface area (Å²) < 4.78 is 10.7. The van der Waals surface area contributed by atoms with E-state index in [1.165, 1.54) is 6.26 Å². The molecule has 10 heavy (non-hydrogen) atoms. The first-order chi connectivity index (χ1) is 4.59. The maximum Gasteiger partial charge on any atom is 0.319 e. The van der Waals surface area contributed by atoms with Gasteiger partial charge in [0.2, 0.25) is 0 Å². The Labute approximate surface area is 61.9 Å². The highest BCUT2D eigenvalue weighted by molar-refractivity contribution is 7.85. The number of rotatable bonds is 4. The van der Waals surface area contributed by atoms with E-state index >= 15 is 0 Å². The monoisotopic (exact) mass is 165 g/mol. The molecule has 5 heteroatoms. The van der Waals surface area contributed by atoms with Crippen LogP contribution in [0.25, 0.3) is 0 Å². The van der Waals surface area contributed by atoms with Crippen LogP contribution < -0.4 is 5.73 Å². The van der Waals surface area contributed by atoms with Crippen LogP contribution in [-0.4, -0.2) is 33.3 Å². The second-order valence-electron chi connectivity index (χ2n) is 1.90. The molecule has 0 amide bonds. The Bertz CT molecular complexity index is 134. The first-order valence-corrected chi connectivity index (χ1v) is 4.46. The Morgan fingerprint density at radius 2 is 2.30 bits per heavy atom. The number of carboxylic acids is 1. The Hall–Kier alpha value is -0.420. The molecule has 0 saturated heterocycles. The van der Waals surface area contributed by atoms with Crippen molar-refractivity contribution >= 4 is 16.8 Å². The largest absolute Gasteiger partial charge is 0.480 e. The minimum absolute atomic E-state index is 0.260. The summed E-state index contributed by atoms with van der Waals surface area (Å²) >= 11 is 0.